The van der Waals surface area contributed by atoms with Crippen LogP contribution < -0.4 is 10.6 Å². The van der Waals surface area contributed by atoms with E-state index in [1.54, 1.807) is 18.2 Å². The summed E-state index contributed by atoms with van der Waals surface area (Å²) in [4.78, 5) is 11.6. The van der Waals surface area contributed by atoms with Crippen LogP contribution in [0.1, 0.15) is 19.3 Å². The number of carbonyl (C=O) groups is 1. The number of anilines is 1. The molecule has 0 aromatic heterocycles. The molecule has 1 amide bonds. The molecule has 1 aromatic rings. The van der Waals surface area contributed by atoms with Crippen LogP contribution in [-0.2, 0) is 9.53 Å². The van der Waals surface area contributed by atoms with Crippen LogP contribution in [0.25, 0.3) is 0 Å². The first-order valence-electron chi connectivity index (χ1n) is 6.62. The first kappa shape index (κ1) is 14.0. The normalized spacial score (nSPS) is 18.5. The molecule has 0 spiro atoms. The van der Waals surface area contributed by atoms with E-state index in [-0.39, 0.29) is 18.1 Å². The summed E-state index contributed by atoms with van der Waals surface area (Å²) in [5.74, 6) is -0.660. The molecule has 1 atom stereocenters. The summed E-state index contributed by atoms with van der Waals surface area (Å²) in [6, 6.07) is 6.13. The highest BCUT2D eigenvalue weighted by Gasteiger charge is 2.14. The van der Waals surface area contributed by atoms with Gasteiger partial charge < -0.3 is 15.4 Å². The molecule has 0 aliphatic carbocycles. The monoisotopic (exact) mass is 266 g/mol. The molecular formula is C14H19FN2O2. The zero-order valence-corrected chi connectivity index (χ0v) is 10.8. The molecule has 1 heterocycles. The van der Waals surface area contributed by atoms with Crippen LogP contribution in [0.4, 0.5) is 10.1 Å². The molecule has 0 radical (unpaired) electrons. The Morgan fingerprint density at radius 2 is 2.26 bits per heavy atom. The molecule has 0 bridgehead atoms. The summed E-state index contributed by atoms with van der Waals surface area (Å²) in [5.41, 5.74) is 0.216. The van der Waals surface area contributed by atoms with Gasteiger partial charge in [-0.3, -0.25) is 4.79 Å². The van der Waals surface area contributed by atoms with Crippen molar-refractivity contribution >= 4 is 11.6 Å². The topological polar surface area (TPSA) is 50.4 Å². The molecule has 2 N–H and O–H groups in total. The highest BCUT2D eigenvalue weighted by atomic mass is 19.1. The summed E-state index contributed by atoms with van der Waals surface area (Å²) in [7, 11) is 0. The minimum absolute atomic E-state index is 0.182. The number of nitrogens with one attached hydrogen (secondary N) is 2. The van der Waals surface area contributed by atoms with E-state index in [4.69, 9.17) is 4.74 Å². The van der Waals surface area contributed by atoms with Gasteiger partial charge in [-0.25, -0.2) is 4.39 Å². The van der Waals surface area contributed by atoms with Crippen molar-refractivity contribution < 1.29 is 13.9 Å². The second-order valence-electron chi connectivity index (χ2n) is 4.63. The van der Waals surface area contributed by atoms with Gasteiger partial charge in [0.05, 0.1) is 18.3 Å². The predicted octanol–water partition coefficient (Wildman–Crippen LogP) is 1.92. The van der Waals surface area contributed by atoms with Crippen LogP contribution in [-0.4, -0.2) is 31.7 Å². The maximum Gasteiger partial charge on any atom is 0.238 e. The molecule has 4 nitrogen and oxygen atoms in total. The van der Waals surface area contributed by atoms with Gasteiger partial charge in [-0.1, -0.05) is 12.1 Å². The number of hydrogen-bond acceptors (Lipinski definition) is 3. The van der Waals surface area contributed by atoms with E-state index in [9.17, 15) is 9.18 Å². The standard InChI is InChI=1S/C14H19FN2O2/c15-12-5-1-2-6-13(12)17-14(18)10-16-8-7-11-4-3-9-19-11/h1-2,5-6,11,16H,3-4,7-10H2,(H,17,18). The SMILES string of the molecule is O=C(CNCCC1CCCO1)Nc1ccccc1F. The van der Waals surface area contributed by atoms with E-state index < -0.39 is 5.82 Å². The summed E-state index contributed by atoms with van der Waals surface area (Å²) < 4.78 is 18.8. The van der Waals surface area contributed by atoms with Gasteiger partial charge in [-0.15, -0.1) is 0 Å². The Balaban J connectivity index is 1.63. The summed E-state index contributed by atoms with van der Waals surface area (Å²) in [6.07, 6.45) is 3.45. The van der Waals surface area contributed by atoms with Crippen molar-refractivity contribution in [1.82, 2.24) is 5.32 Å². The molecule has 2 rings (SSSR count). The van der Waals surface area contributed by atoms with Crippen LogP contribution in [0.3, 0.4) is 0 Å². The third kappa shape index (κ3) is 4.61. The average molecular weight is 266 g/mol. The van der Waals surface area contributed by atoms with Gasteiger partial charge in [0.15, 0.2) is 0 Å². The smallest absolute Gasteiger partial charge is 0.238 e. The molecule has 1 aliphatic rings. The van der Waals surface area contributed by atoms with Crippen molar-refractivity contribution in [2.45, 2.75) is 25.4 Å². The molecule has 0 saturated carbocycles. The molecular weight excluding hydrogens is 247 g/mol. The van der Waals surface area contributed by atoms with E-state index in [2.05, 4.69) is 10.6 Å². The molecule has 1 fully saturated rings. The largest absolute Gasteiger partial charge is 0.378 e. The minimum Gasteiger partial charge on any atom is -0.378 e. The first-order chi connectivity index (χ1) is 9.25. The quantitative estimate of drug-likeness (QED) is 0.773. The van der Waals surface area contributed by atoms with Crippen LogP contribution in [0.15, 0.2) is 24.3 Å². The lowest BCUT2D eigenvalue weighted by atomic mass is 10.2. The summed E-state index contributed by atoms with van der Waals surface area (Å²) >= 11 is 0. The number of para-hydroxylation sites is 1. The fraction of sp³-hybridized carbons (Fsp3) is 0.500. The lowest BCUT2D eigenvalue weighted by Crippen LogP contribution is -2.30. The number of rotatable bonds is 6. The Morgan fingerprint density at radius 1 is 1.42 bits per heavy atom. The maximum absolute atomic E-state index is 13.3. The van der Waals surface area contributed by atoms with Crippen molar-refractivity contribution in [2.75, 3.05) is 25.0 Å². The van der Waals surface area contributed by atoms with Gasteiger partial charge in [0, 0.05) is 6.61 Å². The van der Waals surface area contributed by atoms with Crippen molar-refractivity contribution in [3.63, 3.8) is 0 Å². The number of halogens is 1. The van der Waals surface area contributed by atoms with Gasteiger partial charge >= 0.3 is 0 Å². The van der Waals surface area contributed by atoms with Gasteiger partial charge in [0.25, 0.3) is 0 Å². The first-order valence-corrected chi connectivity index (χ1v) is 6.62. The second-order valence-corrected chi connectivity index (χ2v) is 4.63. The van der Waals surface area contributed by atoms with Crippen LogP contribution in [0.5, 0.6) is 0 Å². The lowest BCUT2D eigenvalue weighted by molar-refractivity contribution is -0.115. The van der Waals surface area contributed by atoms with Crippen LogP contribution in [0, 0.1) is 5.82 Å². The van der Waals surface area contributed by atoms with Gasteiger partial charge in [0.1, 0.15) is 5.82 Å². The fourth-order valence-corrected chi connectivity index (χ4v) is 2.09. The van der Waals surface area contributed by atoms with Gasteiger partial charge in [-0.05, 0) is 37.9 Å². The summed E-state index contributed by atoms with van der Waals surface area (Å²) in [5, 5.41) is 5.57. The Labute approximate surface area is 112 Å². The van der Waals surface area contributed by atoms with Crippen molar-refractivity contribution in [2.24, 2.45) is 0 Å². The van der Waals surface area contributed by atoms with Gasteiger partial charge in [-0.2, -0.15) is 0 Å². The number of carbonyl (C=O) groups excluding carboxylic acids is 1. The predicted molar refractivity (Wildman–Crippen MR) is 71.5 cm³/mol. The lowest BCUT2D eigenvalue weighted by Gasteiger charge is -2.10. The van der Waals surface area contributed by atoms with Gasteiger partial charge in [0.2, 0.25) is 5.91 Å². The molecule has 5 heteroatoms. The van der Waals surface area contributed by atoms with Crippen LogP contribution in [0.2, 0.25) is 0 Å². The Morgan fingerprint density at radius 3 is 3.00 bits per heavy atom. The average Bonchev–Trinajstić information content (AvgIpc) is 2.91. The zero-order valence-electron chi connectivity index (χ0n) is 10.8. The van der Waals surface area contributed by atoms with Crippen LogP contribution >= 0.6 is 0 Å². The van der Waals surface area contributed by atoms with Crippen molar-refractivity contribution in [1.29, 1.82) is 0 Å². The number of hydrogen-bond donors (Lipinski definition) is 2. The molecule has 19 heavy (non-hydrogen) atoms. The highest BCUT2D eigenvalue weighted by molar-refractivity contribution is 5.92. The molecule has 1 unspecified atom stereocenters. The number of benzene rings is 1. The fourth-order valence-electron chi connectivity index (χ4n) is 2.09. The highest BCUT2D eigenvalue weighted by Crippen LogP contribution is 2.14. The van der Waals surface area contributed by atoms with E-state index in [1.807, 2.05) is 0 Å². The Bertz CT molecular complexity index is 420. The zero-order chi connectivity index (χ0) is 13.5. The van der Waals surface area contributed by atoms with E-state index in [0.29, 0.717) is 6.10 Å². The molecule has 1 aliphatic heterocycles. The van der Waals surface area contributed by atoms with E-state index >= 15 is 0 Å². The van der Waals surface area contributed by atoms with Crippen molar-refractivity contribution in [3.8, 4) is 0 Å². The Kier molecular flexibility index (Phi) is 5.30. The number of ether oxygens (including phenoxy) is 1. The van der Waals surface area contributed by atoms with E-state index in [1.165, 1.54) is 6.07 Å². The minimum atomic E-state index is -0.421. The number of amides is 1. The third-order valence-corrected chi connectivity index (χ3v) is 3.10. The molecule has 1 aromatic carbocycles. The third-order valence-electron chi connectivity index (χ3n) is 3.10. The summed E-state index contributed by atoms with van der Waals surface area (Å²) in [6.45, 7) is 1.76. The van der Waals surface area contributed by atoms with Crippen molar-refractivity contribution in [3.05, 3.63) is 30.1 Å². The second kappa shape index (κ2) is 7.21. The maximum atomic E-state index is 13.3. The Hall–Kier alpha value is -1.46. The molecule has 104 valence electrons. The molecule has 1 saturated heterocycles. The van der Waals surface area contributed by atoms with E-state index in [0.717, 1.165) is 32.4 Å².